The first-order chi connectivity index (χ1) is 7.66. The molecule has 1 fully saturated rings. The second kappa shape index (κ2) is 4.56. The summed E-state index contributed by atoms with van der Waals surface area (Å²) in [5.41, 5.74) is 6.08. The van der Waals surface area contributed by atoms with E-state index in [1.54, 1.807) is 10.9 Å². The van der Waals surface area contributed by atoms with Gasteiger partial charge in [0.1, 0.15) is 0 Å². The van der Waals surface area contributed by atoms with E-state index in [0.29, 0.717) is 31.0 Å². The Morgan fingerprint density at radius 1 is 1.44 bits per heavy atom. The molecule has 1 aromatic heterocycles. The van der Waals surface area contributed by atoms with Crippen LogP contribution in [0.2, 0.25) is 0 Å². The zero-order valence-electron chi connectivity index (χ0n) is 8.63. The van der Waals surface area contributed by atoms with Crippen LogP contribution in [0.3, 0.4) is 0 Å². The van der Waals surface area contributed by atoms with E-state index in [0.717, 1.165) is 0 Å². The lowest BCUT2D eigenvalue weighted by atomic mass is 10.4. The Kier molecular flexibility index (Phi) is 3.14. The summed E-state index contributed by atoms with van der Waals surface area (Å²) in [6.45, 7) is 0.834. The predicted molar refractivity (Wildman–Crippen MR) is 60.8 cm³/mol. The summed E-state index contributed by atoms with van der Waals surface area (Å²) < 4.78 is 1.62. The van der Waals surface area contributed by atoms with Crippen LogP contribution >= 0.6 is 11.8 Å². The Morgan fingerprint density at radius 3 is 2.88 bits per heavy atom. The summed E-state index contributed by atoms with van der Waals surface area (Å²) in [7, 11) is 0. The molecule has 0 radical (unpaired) electrons. The molecule has 0 aromatic carbocycles. The first-order valence-corrected chi connectivity index (χ1v) is 5.90. The standard InChI is InChI=1S/C9H12N4O2S/c10-7-5-11-12(6-7)2-3-13-8(14)1-4-16-9(13)15/h5-6H,1-4,10H2. The minimum Gasteiger partial charge on any atom is -0.396 e. The predicted octanol–water partition coefficient (Wildman–Crippen LogP) is 0.551. The molecular formula is C9H12N4O2S. The van der Waals surface area contributed by atoms with Gasteiger partial charge >= 0.3 is 0 Å². The molecule has 0 spiro atoms. The fourth-order valence-electron chi connectivity index (χ4n) is 1.46. The van der Waals surface area contributed by atoms with Crippen LogP contribution in [0.4, 0.5) is 10.5 Å². The second-order valence-corrected chi connectivity index (χ2v) is 4.49. The normalized spacial score (nSPS) is 16.9. The molecule has 1 aliphatic rings. The van der Waals surface area contributed by atoms with Crippen LogP contribution < -0.4 is 5.73 Å². The Labute approximate surface area is 96.8 Å². The van der Waals surface area contributed by atoms with Crippen LogP contribution in [-0.2, 0) is 11.3 Å². The van der Waals surface area contributed by atoms with E-state index < -0.39 is 0 Å². The van der Waals surface area contributed by atoms with Gasteiger partial charge in [-0.05, 0) is 0 Å². The lowest BCUT2D eigenvalue weighted by Crippen LogP contribution is -2.40. The van der Waals surface area contributed by atoms with E-state index in [-0.39, 0.29) is 11.1 Å². The Bertz CT molecular complexity index is 401. The Balaban J connectivity index is 1.93. The number of nitrogens with zero attached hydrogens (tertiary/aromatic N) is 3. The Morgan fingerprint density at radius 2 is 2.25 bits per heavy atom. The van der Waals surface area contributed by atoms with Crippen LogP contribution in [0.15, 0.2) is 12.4 Å². The summed E-state index contributed by atoms with van der Waals surface area (Å²) in [5.74, 6) is 0.479. The van der Waals surface area contributed by atoms with Crippen molar-refractivity contribution in [2.75, 3.05) is 18.0 Å². The van der Waals surface area contributed by atoms with Gasteiger partial charge in [-0.1, -0.05) is 11.8 Å². The molecule has 2 N–H and O–H groups in total. The van der Waals surface area contributed by atoms with Crippen molar-refractivity contribution in [3.63, 3.8) is 0 Å². The third-order valence-corrected chi connectivity index (χ3v) is 3.14. The Hall–Kier alpha value is -1.50. The molecule has 1 aromatic rings. The molecule has 2 heterocycles. The summed E-state index contributed by atoms with van der Waals surface area (Å²) in [4.78, 5) is 24.2. The van der Waals surface area contributed by atoms with Gasteiger partial charge in [-0.2, -0.15) is 5.10 Å². The highest BCUT2D eigenvalue weighted by molar-refractivity contribution is 8.13. The summed E-state index contributed by atoms with van der Waals surface area (Å²) in [6, 6.07) is 0. The molecule has 1 saturated heterocycles. The highest BCUT2D eigenvalue weighted by Crippen LogP contribution is 2.18. The highest BCUT2D eigenvalue weighted by atomic mass is 32.2. The van der Waals surface area contributed by atoms with Crippen molar-refractivity contribution in [3.05, 3.63) is 12.4 Å². The molecule has 16 heavy (non-hydrogen) atoms. The van der Waals surface area contributed by atoms with Crippen LogP contribution in [0.5, 0.6) is 0 Å². The molecular weight excluding hydrogens is 228 g/mol. The van der Waals surface area contributed by atoms with Crippen molar-refractivity contribution in [2.45, 2.75) is 13.0 Å². The average Bonchev–Trinajstić information content (AvgIpc) is 2.63. The van der Waals surface area contributed by atoms with Crippen LogP contribution in [-0.4, -0.2) is 38.1 Å². The van der Waals surface area contributed by atoms with Gasteiger partial charge in [0.05, 0.1) is 18.4 Å². The van der Waals surface area contributed by atoms with Crippen molar-refractivity contribution in [1.82, 2.24) is 14.7 Å². The minimum atomic E-state index is -0.170. The molecule has 7 heteroatoms. The van der Waals surface area contributed by atoms with E-state index >= 15 is 0 Å². The fourth-order valence-corrected chi connectivity index (χ4v) is 2.26. The number of hydrogen-bond acceptors (Lipinski definition) is 5. The number of amides is 2. The van der Waals surface area contributed by atoms with E-state index in [1.807, 2.05) is 0 Å². The maximum absolute atomic E-state index is 11.5. The molecule has 86 valence electrons. The third kappa shape index (κ3) is 2.35. The second-order valence-electron chi connectivity index (χ2n) is 3.45. The van der Waals surface area contributed by atoms with Gasteiger partial charge in [0, 0.05) is 24.9 Å². The molecule has 6 nitrogen and oxygen atoms in total. The number of thioether (sulfide) groups is 1. The van der Waals surface area contributed by atoms with Crippen LogP contribution in [0.1, 0.15) is 6.42 Å². The van der Waals surface area contributed by atoms with Gasteiger partial charge in [0.2, 0.25) is 5.91 Å². The molecule has 0 bridgehead atoms. The van der Waals surface area contributed by atoms with Crippen LogP contribution in [0.25, 0.3) is 0 Å². The summed E-state index contributed by atoms with van der Waals surface area (Å²) >= 11 is 1.18. The monoisotopic (exact) mass is 240 g/mol. The number of imide groups is 1. The summed E-state index contributed by atoms with van der Waals surface area (Å²) in [6.07, 6.45) is 3.64. The number of aromatic nitrogens is 2. The quantitative estimate of drug-likeness (QED) is 0.834. The van der Waals surface area contributed by atoms with Crippen molar-refractivity contribution < 1.29 is 9.59 Å². The number of nitrogens with two attached hydrogens (primary N) is 1. The smallest absolute Gasteiger partial charge is 0.288 e. The number of carbonyl (C=O) groups is 2. The van der Waals surface area contributed by atoms with Crippen molar-refractivity contribution in [1.29, 1.82) is 0 Å². The zero-order valence-corrected chi connectivity index (χ0v) is 9.44. The van der Waals surface area contributed by atoms with Crippen LogP contribution in [0, 0.1) is 0 Å². The highest BCUT2D eigenvalue weighted by Gasteiger charge is 2.26. The number of carbonyl (C=O) groups excluding carboxylic acids is 2. The number of nitrogen functional groups attached to an aromatic ring is 1. The van der Waals surface area contributed by atoms with Gasteiger partial charge in [-0.3, -0.25) is 19.2 Å². The fraction of sp³-hybridized carbons (Fsp3) is 0.444. The molecule has 0 aliphatic carbocycles. The average molecular weight is 240 g/mol. The SMILES string of the molecule is Nc1cnn(CCN2C(=O)CCSC2=O)c1. The van der Waals surface area contributed by atoms with Gasteiger partial charge < -0.3 is 5.73 Å². The maximum atomic E-state index is 11.5. The molecule has 0 atom stereocenters. The lowest BCUT2D eigenvalue weighted by Gasteiger charge is -2.23. The van der Waals surface area contributed by atoms with Gasteiger partial charge in [0.15, 0.2) is 0 Å². The van der Waals surface area contributed by atoms with E-state index in [9.17, 15) is 9.59 Å². The largest absolute Gasteiger partial charge is 0.396 e. The topological polar surface area (TPSA) is 81.2 Å². The number of hydrogen-bond donors (Lipinski definition) is 1. The van der Waals surface area contributed by atoms with Crippen molar-refractivity contribution in [2.24, 2.45) is 0 Å². The molecule has 2 rings (SSSR count). The van der Waals surface area contributed by atoms with E-state index in [4.69, 9.17) is 5.73 Å². The van der Waals surface area contributed by atoms with E-state index in [1.165, 1.54) is 22.9 Å². The number of anilines is 1. The molecule has 2 amide bonds. The number of rotatable bonds is 3. The minimum absolute atomic E-state index is 0.108. The van der Waals surface area contributed by atoms with Gasteiger partial charge in [0.25, 0.3) is 5.24 Å². The van der Waals surface area contributed by atoms with E-state index in [2.05, 4.69) is 5.10 Å². The van der Waals surface area contributed by atoms with Crippen molar-refractivity contribution in [3.8, 4) is 0 Å². The summed E-state index contributed by atoms with van der Waals surface area (Å²) in [5, 5.41) is 3.82. The van der Waals surface area contributed by atoms with Gasteiger partial charge in [-0.15, -0.1) is 0 Å². The maximum Gasteiger partial charge on any atom is 0.288 e. The zero-order chi connectivity index (χ0) is 11.5. The first-order valence-electron chi connectivity index (χ1n) is 4.92. The molecule has 1 aliphatic heterocycles. The van der Waals surface area contributed by atoms with Gasteiger partial charge in [-0.25, -0.2) is 0 Å². The van der Waals surface area contributed by atoms with Crippen molar-refractivity contribution >= 4 is 28.6 Å². The first kappa shape index (κ1) is 11.0. The molecule has 0 unspecified atom stereocenters. The third-order valence-electron chi connectivity index (χ3n) is 2.27. The molecule has 0 saturated carbocycles. The lowest BCUT2D eigenvalue weighted by molar-refractivity contribution is -0.127.